The number of amides is 1. The van der Waals surface area contributed by atoms with Crippen molar-refractivity contribution in [3.8, 4) is 0 Å². The molecule has 3 fully saturated rings. The summed E-state index contributed by atoms with van der Waals surface area (Å²) < 4.78 is 0. The van der Waals surface area contributed by atoms with Crippen LogP contribution in [0.5, 0.6) is 0 Å². The van der Waals surface area contributed by atoms with E-state index in [1.165, 1.54) is 25.7 Å². The molecule has 7 nitrogen and oxygen atoms in total. The molecule has 0 radical (unpaired) electrons. The standard InChI is InChI=1S/C20H32N6O/c1-24-9-11-25(12-10-24)20(27)7-4-16-3-2-8-26(14-16)19-13-18(21-15-22-19)23-17-5-6-17/h13,15-17H,2-12,14H2,1H3,(H,21,22,23)/t16-/m1/s1. The van der Waals surface area contributed by atoms with Gasteiger partial charge in [0.25, 0.3) is 0 Å². The van der Waals surface area contributed by atoms with Gasteiger partial charge in [-0.1, -0.05) is 0 Å². The molecule has 1 amide bonds. The third-order valence-corrected chi connectivity index (χ3v) is 6.05. The molecular weight excluding hydrogens is 340 g/mol. The van der Waals surface area contributed by atoms with Gasteiger partial charge in [-0.3, -0.25) is 4.79 Å². The van der Waals surface area contributed by atoms with Gasteiger partial charge < -0.3 is 20.0 Å². The second-order valence-electron chi connectivity index (χ2n) is 8.36. The molecule has 2 saturated heterocycles. The molecule has 0 aromatic carbocycles. The highest BCUT2D eigenvalue weighted by molar-refractivity contribution is 5.76. The fourth-order valence-electron chi connectivity index (χ4n) is 4.09. The first kappa shape index (κ1) is 18.5. The first-order valence-corrected chi connectivity index (χ1v) is 10.5. The van der Waals surface area contributed by atoms with E-state index in [9.17, 15) is 4.79 Å². The van der Waals surface area contributed by atoms with Crippen LogP contribution in [0, 0.1) is 5.92 Å². The van der Waals surface area contributed by atoms with Crippen LogP contribution in [0.15, 0.2) is 12.4 Å². The van der Waals surface area contributed by atoms with Crippen molar-refractivity contribution >= 4 is 17.5 Å². The smallest absolute Gasteiger partial charge is 0.222 e. The highest BCUT2D eigenvalue weighted by Crippen LogP contribution is 2.28. The van der Waals surface area contributed by atoms with E-state index in [-0.39, 0.29) is 0 Å². The summed E-state index contributed by atoms with van der Waals surface area (Å²) in [5.41, 5.74) is 0. The summed E-state index contributed by atoms with van der Waals surface area (Å²) >= 11 is 0. The Morgan fingerprint density at radius 2 is 1.96 bits per heavy atom. The van der Waals surface area contributed by atoms with Crippen LogP contribution in [0.1, 0.15) is 38.5 Å². The Morgan fingerprint density at radius 1 is 1.15 bits per heavy atom. The number of piperidine rings is 1. The molecule has 0 bridgehead atoms. The summed E-state index contributed by atoms with van der Waals surface area (Å²) in [6.45, 7) is 5.79. The molecule has 1 atom stereocenters. The number of carbonyl (C=O) groups is 1. The molecule has 0 spiro atoms. The Morgan fingerprint density at radius 3 is 2.74 bits per heavy atom. The topological polar surface area (TPSA) is 64.6 Å². The number of nitrogens with zero attached hydrogens (tertiary/aromatic N) is 5. The molecule has 3 heterocycles. The molecular formula is C20H32N6O. The number of hydrogen-bond acceptors (Lipinski definition) is 6. The molecule has 27 heavy (non-hydrogen) atoms. The van der Waals surface area contributed by atoms with Crippen LogP contribution in [0.25, 0.3) is 0 Å². The second-order valence-corrected chi connectivity index (χ2v) is 8.36. The number of anilines is 2. The van der Waals surface area contributed by atoms with E-state index < -0.39 is 0 Å². The highest BCUT2D eigenvalue weighted by atomic mass is 16.2. The Balaban J connectivity index is 1.27. The number of nitrogens with one attached hydrogen (secondary N) is 1. The van der Waals surface area contributed by atoms with Gasteiger partial charge in [0.05, 0.1) is 0 Å². The van der Waals surface area contributed by atoms with Crippen LogP contribution < -0.4 is 10.2 Å². The van der Waals surface area contributed by atoms with Gasteiger partial charge in [0.1, 0.15) is 18.0 Å². The maximum absolute atomic E-state index is 12.5. The SMILES string of the molecule is CN1CCN(C(=O)CC[C@H]2CCCN(c3cc(NC4CC4)ncn3)C2)CC1. The highest BCUT2D eigenvalue weighted by Gasteiger charge is 2.25. The van der Waals surface area contributed by atoms with Crippen LogP contribution in [-0.2, 0) is 4.79 Å². The van der Waals surface area contributed by atoms with Gasteiger partial charge in [0.2, 0.25) is 5.91 Å². The summed E-state index contributed by atoms with van der Waals surface area (Å²) in [7, 11) is 2.12. The van der Waals surface area contributed by atoms with Crippen molar-refractivity contribution < 1.29 is 4.79 Å². The van der Waals surface area contributed by atoms with Crippen molar-refractivity contribution in [2.75, 3.05) is 56.5 Å². The molecule has 4 rings (SSSR count). The van der Waals surface area contributed by atoms with Crippen LogP contribution in [0.3, 0.4) is 0 Å². The number of likely N-dealkylation sites (N-methyl/N-ethyl adjacent to an activating group) is 1. The number of hydrogen-bond donors (Lipinski definition) is 1. The van der Waals surface area contributed by atoms with Crippen LogP contribution in [0.2, 0.25) is 0 Å². The summed E-state index contributed by atoms with van der Waals surface area (Å²) in [6, 6.07) is 2.68. The van der Waals surface area contributed by atoms with Gasteiger partial charge in [-0.25, -0.2) is 9.97 Å². The Labute approximate surface area is 162 Å². The molecule has 1 aliphatic carbocycles. The van der Waals surface area contributed by atoms with E-state index >= 15 is 0 Å². The summed E-state index contributed by atoms with van der Waals surface area (Å²) in [5, 5.41) is 3.45. The second kappa shape index (κ2) is 8.42. The van der Waals surface area contributed by atoms with Gasteiger partial charge in [-0.05, 0) is 45.1 Å². The van der Waals surface area contributed by atoms with Gasteiger partial charge in [0.15, 0.2) is 0 Å². The van der Waals surface area contributed by atoms with E-state index in [0.29, 0.717) is 24.3 Å². The average Bonchev–Trinajstić information content (AvgIpc) is 3.51. The third kappa shape index (κ3) is 5.09. The molecule has 3 aliphatic rings. The minimum absolute atomic E-state index is 0.332. The number of carbonyl (C=O) groups excluding carboxylic acids is 1. The lowest BCUT2D eigenvalue weighted by molar-refractivity contribution is -0.133. The molecule has 7 heteroatoms. The lowest BCUT2D eigenvalue weighted by Crippen LogP contribution is -2.47. The monoisotopic (exact) mass is 372 g/mol. The molecule has 1 N–H and O–H groups in total. The predicted molar refractivity (Wildman–Crippen MR) is 107 cm³/mol. The third-order valence-electron chi connectivity index (χ3n) is 6.05. The maximum atomic E-state index is 12.5. The summed E-state index contributed by atoms with van der Waals surface area (Å²) in [5.74, 6) is 2.86. The van der Waals surface area contributed by atoms with E-state index in [1.807, 2.05) is 4.90 Å². The molecule has 1 saturated carbocycles. The van der Waals surface area contributed by atoms with Crippen molar-refractivity contribution in [1.82, 2.24) is 19.8 Å². The normalized spacial score (nSPS) is 24.1. The van der Waals surface area contributed by atoms with E-state index in [1.54, 1.807) is 6.33 Å². The van der Waals surface area contributed by atoms with E-state index in [0.717, 1.165) is 57.3 Å². The van der Waals surface area contributed by atoms with Crippen molar-refractivity contribution in [1.29, 1.82) is 0 Å². The average molecular weight is 373 g/mol. The fourth-order valence-corrected chi connectivity index (χ4v) is 4.09. The zero-order valence-electron chi connectivity index (χ0n) is 16.4. The Hall–Kier alpha value is -1.89. The van der Waals surface area contributed by atoms with Crippen molar-refractivity contribution in [3.63, 3.8) is 0 Å². The molecule has 1 aromatic heterocycles. The zero-order valence-corrected chi connectivity index (χ0v) is 16.4. The predicted octanol–water partition coefficient (Wildman–Crippen LogP) is 1.82. The van der Waals surface area contributed by atoms with Gasteiger partial charge in [-0.15, -0.1) is 0 Å². The maximum Gasteiger partial charge on any atom is 0.222 e. The largest absolute Gasteiger partial charge is 0.367 e. The number of rotatable bonds is 6. The minimum atomic E-state index is 0.332. The molecule has 148 valence electrons. The number of aromatic nitrogens is 2. The fraction of sp³-hybridized carbons (Fsp3) is 0.750. The Kier molecular flexibility index (Phi) is 5.76. The van der Waals surface area contributed by atoms with Crippen molar-refractivity contribution in [3.05, 3.63) is 12.4 Å². The first-order chi connectivity index (χ1) is 13.2. The van der Waals surface area contributed by atoms with Crippen molar-refractivity contribution in [2.24, 2.45) is 5.92 Å². The summed E-state index contributed by atoms with van der Waals surface area (Å²) in [6.07, 6.45) is 8.20. The minimum Gasteiger partial charge on any atom is -0.367 e. The Bertz CT molecular complexity index is 641. The first-order valence-electron chi connectivity index (χ1n) is 10.5. The van der Waals surface area contributed by atoms with E-state index in [4.69, 9.17) is 0 Å². The molecule has 1 aromatic rings. The van der Waals surface area contributed by atoms with Gasteiger partial charge >= 0.3 is 0 Å². The van der Waals surface area contributed by atoms with Crippen LogP contribution >= 0.6 is 0 Å². The van der Waals surface area contributed by atoms with Crippen LogP contribution in [0.4, 0.5) is 11.6 Å². The van der Waals surface area contributed by atoms with Crippen LogP contribution in [-0.4, -0.2) is 78.0 Å². The van der Waals surface area contributed by atoms with Crippen molar-refractivity contribution in [2.45, 2.75) is 44.6 Å². The quantitative estimate of drug-likeness (QED) is 0.822. The van der Waals surface area contributed by atoms with E-state index in [2.05, 4.69) is 38.2 Å². The lowest BCUT2D eigenvalue weighted by atomic mass is 9.93. The zero-order chi connectivity index (χ0) is 18.6. The van der Waals surface area contributed by atoms with Gasteiger partial charge in [-0.2, -0.15) is 0 Å². The lowest BCUT2D eigenvalue weighted by Gasteiger charge is -2.35. The molecule has 2 aliphatic heterocycles. The van der Waals surface area contributed by atoms with Gasteiger partial charge in [0, 0.05) is 57.8 Å². The molecule has 0 unspecified atom stereocenters. The number of piperazine rings is 1. The summed E-state index contributed by atoms with van der Waals surface area (Å²) in [4.78, 5) is 28.1.